The second kappa shape index (κ2) is 13.7. The number of hydrogen-bond acceptors (Lipinski definition) is 7. The first-order valence-corrected chi connectivity index (χ1v) is 19.9. The van der Waals surface area contributed by atoms with Crippen molar-refractivity contribution in [3.63, 3.8) is 0 Å². The third-order valence-electron chi connectivity index (χ3n) is 9.94. The maximum atomic E-state index is 14.8. The van der Waals surface area contributed by atoms with E-state index in [1.807, 2.05) is 80.7 Å². The molecular formula is C36H43ClN4O6Si. The van der Waals surface area contributed by atoms with Gasteiger partial charge in [0.1, 0.15) is 0 Å². The quantitative estimate of drug-likeness (QED) is 0.275. The number of nitrogens with one attached hydrogen (secondary N) is 1. The summed E-state index contributed by atoms with van der Waals surface area (Å²) in [6.45, 7) is 7.74. The van der Waals surface area contributed by atoms with Crippen molar-refractivity contribution in [2.45, 2.75) is 56.8 Å². The zero-order valence-electron chi connectivity index (χ0n) is 27.6. The topological polar surface area (TPSA) is 123 Å². The highest BCUT2D eigenvalue weighted by atomic mass is 35.5. The molecule has 3 aromatic rings. The van der Waals surface area contributed by atoms with E-state index in [-0.39, 0.29) is 43.8 Å². The van der Waals surface area contributed by atoms with E-state index in [0.29, 0.717) is 35.9 Å². The Labute approximate surface area is 287 Å². The molecule has 2 fully saturated rings. The molecule has 3 N–H and O–H groups in total. The summed E-state index contributed by atoms with van der Waals surface area (Å²) < 4.78 is 6.85. The lowest BCUT2D eigenvalue weighted by Gasteiger charge is -2.32. The van der Waals surface area contributed by atoms with Gasteiger partial charge in [-0.2, -0.15) is 0 Å². The number of fused-ring (bicyclic) bond motifs is 2. The van der Waals surface area contributed by atoms with Gasteiger partial charge in [-0.25, -0.2) is 0 Å². The van der Waals surface area contributed by atoms with Crippen LogP contribution in [0.15, 0.2) is 72.8 Å². The van der Waals surface area contributed by atoms with Crippen LogP contribution in [0.4, 0.5) is 11.4 Å². The van der Waals surface area contributed by atoms with Gasteiger partial charge in [-0.3, -0.25) is 14.4 Å². The first-order valence-electron chi connectivity index (χ1n) is 16.5. The van der Waals surface area contributed by atoms with Crippen LogP contribution in [0, 0.1) is 5.92 Å². The summed E-state index contributed by atoms with van der Waals surface area (Å²) in [5.41, 5.74) is 2.03. The van der Waals surface area contributed by atoms with Crippen molar-refractivity contribution in [2.75, 3.05) is 42.6 Å². The maximum absolute atomic E-state index is 14.8. The molecule has 3 aliphatic heterocycles. The Morgan fingerprint density at radius 1 is 1.08 bits per heavy atom. The molecule has 3 aliphatic rings. The molecule has 48 heavy (non-hydrogen) atoms. The number of hydrogen-bond donors (Lipinski definition) is 3. The van der Waals surface area contributed by atoms with Crippen molar-refractivity contribution in [3.8, 4) is 0 Å². The van der Waals surface area contributed by atoms with E-state index in [4.69, 9.17) is 16.3 Å². The van der Waals surface area contributed by atoms with Gasteiger partial charge in [-0.1, -0.05) is 61.0 Å². The van der Waals surface area contributed by atoms with E-state index in [0.717, 1.165) is 23.4 Å². The van der Waals surface area contributed by atoms with E-state index in [1.54, 1.807) is 26.8 Å². The molecule has 0 unspecified atom stereocenters. The van der Waals surface area contributed by atoms with Gasteiger partial charge in [0.15, 0.2) is 13.9 Å². The summed E-state index contributed by atoms with van der Waals surface area (Å²) in [6.07, 6.45) is -0.779. The largest absolute Gasteiger partial charge is 0.432 e. The van der Waals surface area contributed by atoms with E-state index in [1.165, 1.54) is 0 Å². The molecule has 6 rings (SSSR count). The number of anilines is 2. The van der Waals surface area contributed by atoms with Crippen molar-refractivity contribution in [1.82, 2.24) is 10.2 Å². The molecule has 0 aliphatic carbocycles. The van der Waals surface area contributed by atoms with Crippen LogP contribution < -0.4 is 15.1 Å². The van der Waals surface area contributed by atoms with Gasteiger partial charge >= 0.3 is 0 Å². The number of aliphatic hydroxyl groups is 1. The van der Waals surface area contributed by atoms with E-state index < -0.39 is 31.5 Å². The van der Waals surface area contributed by atoms with Gasteiger partial charge in [0.2, 0.25) is 11.8 Å². The van der Waals surface area contributed by atoms with Gasteiger partial charge in [0.05, 0.1) is 37.9 Å². The smallest absolute Gasteiger partial charge is 0.264 e. The van der Waals surface area contributed by atoms with Crippen LogP contribution in [-0.4, -0.2) is 79.7 Å². The molecule has 2 saturated heterocycles. The Hall–Kier alpha value is -3.58. The van der Waals surface area contributed by atoms with E-state index in [2.05, 4.69) is 5.32 Å². The van der Waals surface area contributed by atoms with Crippen LogP contribution in [-0.2, 0) is 37.8 Å². The van der Waals surface area contributed by atoms with Crippen molar-refractivity contribution < 1.29 is 29.0 Å². The van der Waals surface area contributed by atoms with Crippen LogP contribution in [0.25, 0.3) is 0 Å². The zero-order valence-corrected chi connectivity index (χ0v) is 29.3. The molecule has 0 saturated carbocycles. The minimum atomic E-state index is -3.01. The van der Waals surface area contributed by atoms with Crippen LogP contribution in [0.3, 0.4) is 0 Å². The Bertz CT molecular complexity index is 1670. The Morgan fingerprint density at radius 3 is 2.48 bits per heavy atom. The third-order valence-corrected chi connectivity index (χ3v) is 12.7. The SMILES string of the molecule is C[C@H]1[C@H]([Si](C)(C)O)[C@@H](CC(=O)N(CCO)Cc2ccccc2)O[C@]12C(=O)N(Cc1ccc(N3CCNCC3=O)cc1)c1ccc(Cl)cc12. The number of halogens is 1. The van der Waals surface area contributed by atoms with Gasteiger partial charge in [-0.15, -0.1) is 0 Å². The van der Waals surface area contributed by atoms with Crippen molar-refractivity contribution in [1.29, 1.82) is 0 Å². The van der Waals surface area contributed by atoms with Gasteiger partial charge in [-0.05, 0) is 54.6 Å². The normalized spacial score (nSPS) is 24.0. The van der Waals surface area contributed by atoms with Crippen LogP contribution in [0.5, 0.6) is 0 Å². The molecule has 1 spiro atoms. The summed E-state index contributed by atoms with van der Waals surface area (Å²) in [5.74, 6) is -0.926. The van der Waals surface area contributed by atoms with Crippen molar-refractivity contribution >= 4 is 49.0 Å². The lowest BCUT2D eigenvalue weighted by Crippen LogP contribution is -2.48. The summed E-state index contributed by atoms with van der Waals surface area (Å²) >= 11 is 6.54. The van der Waals surface area contributed by atoms with Gasteiger partial charge in [0, 0.05) is 53.9 Å². The van der Waals surface area contributed by atoms with E-state index in [9.17, 15) is 24.3 Å². The number of piperazine rings is 1. The fraction of sp³-hybridized carbons (Fsp3) is 0.417. The highest BCUT2D eigenvalue weighted by Crippen LogP contribution is 2.60. The molecule has 0 radical (unpaired) electrons. The fourth-order valence-corrected chi connectivity index (χ4v) is 10.5. The number of rotatable bonds is 10. The summed E-state index contributed by atoms with van der Waals surface area (Å²) in [7, 11) is -3.01. The molecule has 254 valence electrons. The molecular weight excluding hydrogens is 648 g/mol. The van der Waals surface area contributed by atoms with Crippen LogP contribution in [0.1, 0.15) is 30.0 Å². The summed E-state index contributed by atoms with van der Waals surface area (Å²) in [5, 5.41) is 13.3. The minimum absolute atomic E-state index is 0.0151. The molecule has 3 aromatic carbocycles. The fourth-order valence-electron chi connectivity index (χ4n) is 7.77. The second-order valence-corrected chi connectivity index (χ2v) is 17.9. The predicted molar refractivity (Wildman–Crippen MR) is 187 cm³/mol. The Kier molecular flexibility index (Phi) is 9.81. The highest BCUT2D eigenvalue weighted by Gasteiger charge is 2.66. The zero-order chi connectivity index (χ0) is 34.2. The number of carbonyl (C=O) groups excluding carboxylic acids is 3. The molecule has 4 atom stereocenters. The predicted octanol–water partition coefficient (Wildman–Crippen LogP) is 4.03. The Balaban J connectivity index is 1.30. The standard InChI is InChI=1S/C36H43ClN4O6Si/c1-24-34(48(2,3)46)31(20-32(43)39(17-18-42)22-25-7-5-4-6-8-25)47-36(24)29-19-27(37)11-14-30(29)41(35(36)45)23-26-9-12-28(13-10-26)40-16-15-38-21-33(40)44/h4-14,19,24,31,34,38,42,46H,15-18,20-23H2,1-3H3/t24-,31+,34-,36+/m0/s1. The third kappa shape index (κ3) is 6.42. The van der Waals surface area contributed by atoms with Gasteiger partial charge in [0.25, 0.3) is 5.91 Å². The number of ether oxygens (including phenoxy) is 1. The van der Waals surface area contributed by atoms with Crippen molar-refractivity contribution in [3.05, 3.63) is 94.5 Å². The Morgan fingerprint density at radius 2 is 1.81 bits per heavy atom. The second-order valence-electron chi connectivity index (χ2n) is 13.5. The summed E-state index contributed by atoms with van der Waals surface area (Å²) in [4.78, 5) is 57.7. The number of nitrogens with zero attached hydrogens (tertiary/aromatic N) is 3. The maximum Gasteiger partial charge on any atom is 0.264 e. The number of amides is 3. The lowest BCUT2D eigenvalue weighted by atomic mass is 9.82. The monoisotopic (exact) mass is 690 g/mol. The molecule has 3 heterocycles. The summed E-state index contributed by atoms with van der Waals surface area (Å²) in [6, 6.07) is 22.6. The van der Waals surface area contributed by atoms with Crippen LogP contribution >= 0.6 is 11.6 Å². The van der Waals surface area contributed by atoms with Crippen molar-refractivity contribution in [2.24, 2.45) is 5.92 Å². The highest BCUT2D eigenvalue weighted by molar-refractivity contribution is 6.71. The molecule has 0 bridgehead atoms. The minimum Gasteiger partial charge on any atom is -0.432 e. The average Bonchev–Trinajstić information content (AvgIpc) is 3.48. The lowest BCUT2D eigenvalue weighted by molar-refractivity contribution is -0.150. The first-order chi connectivity index (χ1) is 22.9. The molecule has 0 aromatic heterocycles. The first kappa shape index (κ1) is 34.3. The van der Waals surface area contributed by atoms with E-state index >= 15 is 0 Å². The van der Waals surface area contributed by atoms with Gasteiger partial charge < -0.3 is 34.7 Å². The number of aliphatic hydroxyl groups excluding tert-OH is 1. The molecule has 3 amide bonds. The molecule has 10 nitrogen and oxygen atoms in total. The number of benzene rings is 3. The molecule has 12 heteroatoms. The number of carbonyl (C=O) groups is 3. The average molecular weight is 691 g/mol. The van der Waals surface area contributed by atoms with Crippen LogP contribution in [0.2, 0.25) is 23.7 Å².